The molecule has 0 unspecified atom stereocenters. The first-order valence-corrected chi connectivity index (χ1v) is 18.2. The summed E-state index contributed by atoms with van der Waals surface area (Å²) in [5.74, 6) is -1.56. The second-order valence-corrected chi connectivity index (χ2v) is 14.6. The van der Waals surface area contributed by atoms with Crippen molar-refractivity contribution in [2.45, 2.75) is 20.4 Å². The molecule has 1 N–H and O–H groups in total. The Labute approximate surface area is 284 Å². The van der Waals surface area contributed by atoms with Gasteiger partial charge in [-0.15, -0.1) is 0 Å². The SMILES string of the molecule is CCOC(=O)c1cc(Oc2nc3c(F)c(-c4ccc(-c5ccc(CN6CCN(CCS(C)(=O)=O)CC6)cc5)cc4)c(F)cc3[nH]2)ccc1C. The largest absolute Gasteiger partial charge is 0.462 e. The molecule has 0 atom stereocenters. The van der Waals surface area contributed by atoms with E-state index in [2.05, 4.69) is 31.9 Å². The van der Waals surface area contributed by atoms with Crippen LogP contribution in [0.3, 0.4) is 0 Å². The number of piperazine rings is 1. The summed E-state index contributed by atoms with van der Waals surface area (Å²) in [6.07, 6.45) is 1.27. The quantitative estimate of drug-likeness (QED) is 0.155. The van der Waals surface area contributed by atoms with Gasteiger partial charge in [0.15, 0.2) is 5.82 Å². The van der Waals surface area contributed by atoms with Crippen LogP contribution in [0.15, 0.2) is 72.8 Å². The monoisotopic (exact) mass is 688 g/mol. The van der Waals surface area contributed by atoms with Gasteiger partial charge in [0.2, 0.25) is 0 Å². The van der Waals surface area contributed by atoms with Crippen molar-refractivity contribution in [1.82, 2.24) is 19.8 Å². The normalized spacial score (nSPS) is 14.3. The first kappa shape index (κ1) is 34.2. The summed E-state index contributed by atoms with van der Waals surface area (Å²) in [6, 6.07) is 21.3. The number of aromatic nitrogens is 2. The molecule has 4 aromatic carbocycles. The number of ether oxygens (including phenoxy) is 2. The smallest absolute Gasteiger partial charge is 0.338 e. The number of hydrogen-bond acceptors (Lipinski definition) is 8. The van der Waals surface area contributed by atoms with E-state index in [1.165, 1.54) is 24.0 Å². The fourth-order valence-electron chi connectivity index (χ4n) is 5.93. The van der Waals surface area contributed by atoms with E-state index in [9.17, 15) is 13.2 Å². The standard InChI is InChI=1S/C37H38F2N4O5S/c1-4-47-36(44)30-21-29(14-5-24(30)2)48-37-40-32-22-31(38)33(34(39)35(32)41-37)28-12-10-27(11-13-28)26-8-6-25(7-9-26)23-43-17-15-42(16-18-43)19-20-49(3,45)46/h5-14,21-22H,4,15-20,23H2,1-3H3,(H,40,41). The first-order valence-electron chi connectivity index (χ1n) is 16.1. The predicted molar refractivity (Wildman–Crippen MR) is 186 cm³/mol. The second-order valence-electron chi connectivity index (χ2n) is 12.3. The van der Waals surface area contributed by atoms with Gasteiger partial charge in [-0.25, -0.2) is 22.0 Å². The van der Waals surface area contributed by atoms with Gasteiger partial charge in [-0.2, -0.15) is 4.98 Å². The van der Waals surface area contributed by atoms with E-state index in [0.29, 0.717) is 29.0 Å². The molecule has 1 fully saturated rings. The van der Waals surface area contributed by atoms with E-state index in [4.69, 9.17) is 9.47 Å². The van der Waals surface area contributed by atoms with Crippen molar-refractivity contribution in [3.05, 3.63) is 101 Å². The van der Waals surface area contributed by atoms with Crippen LogP contribution in [-0.2, 0) is 21.1 Å². The van der Waals surface area contributed by atoms with Gasteiger partial charge in [0.1, 0.15) is 26.9 Å². The zero-order valence-corrected chi connectivity index (χ0v) is 28.4. The topological polar surface area (TPSA) is 105 Å². The van der Waals surface area contributed by atoms with Crippen molar-refractivity contribution < 1.29 is 31.5 Å². The Morgan fingerprint density at radius 2 is 1.53 bits per heavy atom. The number of halogens is 2. The molecule has 256 valence electrons. The highest BCUT2D eigenvalue weighted by Gasteiger charge is 2.21. The number of rotatable bonds is 11. The zero-order valence-electron chi connectivity index (χ0n) is 27.6. The Morgan fingerprint density at radius 1 is 0.898 bits per heavy atom. The summed E-state index contributed by atoms with van der Waals surface area (Å²) >= 11 is 0. The van der Waals surface area contributed by atoms with Crippen LogP contribution < -0.4 is 4.74 Å². The highest BCUT2D eigenvalue weighted by atomic mass is 32.2. The van der Waals surface area contributed by atoms with Gasteiger partial charge in [0.25, 0.3) is 6.01 Å². The first-order chi connectivity index (χ1) is 23.5. The summed E-state index contributed by atoms with van der Waals surface area (Å²) in [4.78, 5) is 23.9. The van der Waals surface area contributed by atoms with Crippen LogP contribution in [0.4, 0.5) is 8.78 Å². The number of esters is 1. The Balaban J connectivity index is 1.12. The van der Waals surface area contributed by atoms with Crippen LogP contribution in [0.25, 0.3) is 33.3 Å². The Kier molecular flexibility index (Phi) is 10.1. The van der Waals surface area contributed by atoms with Gasteiger partial charge in [-0.1, -0.05) is 54.6 Å². The van der Waals surface area contributed by atoms with Gasteiger partial charge in [0.05, 0.1) is 29.0 Å². The van der Waals surface area contributed by atoms with E-state index in [1.54, 1.807) is 38.1 Å². The number of nitrogens with zero attached hydrogens (tertiary/aromatic N) is 3. The lowest BCUT2D eigenvalue weighted by Gasteiger charge is -2.34. The second kappa shape index (κ2) is 14.5. The molecular formula is C37H38F2N4O5S. The van der Waals surface area contributed by atoms with Crippen LogP contribution in [0.2, 0.25) is 0 Å². The average Bonchev–Trinajstić information content (AvgIpc) is 3.48. The molecule has 49 heavy (non-hydrogen) atoms. The molecule has 2 heterocycles. The van der Waals surface area contributed by atoms with Gasteiger partial charge in [0, 0.05) is 51.6 Å². The Morgan fingerprint density at radius 3 is 2.18 bits per heavy atom. The molecule has 0 spiro atoms. The lowest BCUT2D eigenvalue weighted by Crippen LogP contribution is -2.47. The number of carbonyl (C=O) groups excluding carboxylic acids is 1. The molecule has 1 aromatic heterocycles. The molecule has 12 heteroatoms. The number of aryl methyl sites for hydroxylation is 1. The molecule has 1 aliphatic rings. The van der Waals surface area contributed by atoms with Crippen molar-refractivity contribution in [3.8, 4) is 34.0 Å². The molecule has 1 saturated heterocycles. The lowest BCUT2D eigenvalue weighted by molar-refractivity contribution is 0.0525. The summed E-state index contributed by atoms with van der Waals surface area (Å²) < 4.78 is 64.9. The molecule has 0 saturated carbocycles. The van der Waals surface area contributed by atoms with Crippen LogP contribution >= 0.6 is 0 Å². The molecule has 1 aliphatic heterocycles. The van der Waals surface area contributed by atoms with E-state index in [1.807, 2.05) is 24.3 Å². The number of aromatic amines is 1. The number of imidazole rings is 1. The third-order valence-corrected chi connectivity index (χ3v) is 9.60. The maximum atomic E-state index is 15.8. The summed E-state index contributed by atoms with van der Waals surface area (Å²) in [7, 11) is -2.96. The van der Waals surface area contributed by atoms with Crippen LogP contribution in [-0.4, -0.2) is 85.5 Å². The number of carbonyl (C=O) groups is 1. The molecular weight excluding hydrogens is 650 g/mol. The van der Waals surface area contributed by atoms with Crippen molar-refractivity contribution in [3.63, 3.8) is 0 Å². The highest BCUT2D eigenvalue weighted by Crippen LogP contribution is 2.34. The van der Waals surface area contributed by atoms with Gasteiger partial charge < -0.3 is 14.5 Å². The molecule has 0 bridgehead atoms. The van der Waals surface area contributed by atoms with Crippen molar-refractivity contribution >= 4 is 26.8 Å². The third kappa shape index (κ3) is 8.15. The highest BCUT2D eigenvalue weighted by molar-refractivity contribution is 7.90. The van der Waals surface area contributed by atoms with Crippen molar-refractivity contribution in [1.29, 1.82) is 0 Å². The van der Waals surface area contributed by atoms with Crippen LogP contribution in [0.1, 0.15) is 28.4 Å². The van der Waals surface area contributed by atoms with E-state index < -0.39 is 27.4 Å². The fraction of sp³-hybridized carbons (Fsp3) is 0.297. The van der Waals surface area contributed by atoms with Crippen LogP contribution in [0, 0.1) is 18.6 Å². The van der Waals surface area contributed by atoms with Crippen molar-refractivity contribution in [2.75, 3.05) is 51.3 Å². The predicted octanol–water partition coefficient (Wildman–Crippen LogP) is 6.61. The average molecular weight is 689 g/mol. The van der Waals surface area contributed by atoms with Crippen LogP contribution in [0.5, 0.6) is 11.8 Å². The number of sulfone groups is 1. The minimum absolute atomic E-state index is 0.0465. The molecule has 0 radical (unpaired) electrons. The summed E-state index contributed by atoms with van der Waals surface area (Å²) in [5, 5.41) is 0. The molecule has 6 rings (SSSR count). The van der Waals surface area contributed by atoms with Gasteiger partial charge in [-0.05, 0) is 53.8 Å². The van der Waals surface area contributed by atoms with Gasteiger partial charge >= 0.3 is 5.97 Å². The number of hydrogen-bond donors (Lipinski definition) is 1. The Hall–Kier alpha value is -4.65. The molecule has 5 aromatic rings. The minimum Gasteiger partial charge on any atom is -0.462 e. The van der Waals surface area contributed by atoms with Gasteiger partial charge in [-0.3, -0.25) is 9.80 Å². The molecule has 0 aliphatic carbocycles. The number of benzene rings is 4. The third-order valence-electron chi connectivity index (χ3n) is 8.68. The number of nitrogens with one attached hydrogen (secondary N) is 1. The minimum atomic E-state index is -2.96. The summed E-state index contributed by atoms with van der Waals surface area (Å²) in [6.45, 7) is 8.55. The lowest BCUT2D eigenvalue weighted by atomic mass is 9.98. The Bertz CT molecular complexity index is 2080. The molecule has 9 nitrogen and oxygen atoms in total. The van der Waals surface area contributed by atoms with E-state index >= 15 is 8.78 Å². The number of H-pyrrole nitrogens is 1. The maximum absolute atomic E-state index is 15.8. The van der Waals surface area contributed by atoms with E-state index in [0.717, 1.165) is 43.9 Å². The number of fused-ring (bicyclic) bond motifs is 1. The maximum Gasteiger partial charge on any atom is 0.338 e. The zero-order chi connectivity index (χ0) is 34.7. The fourth-order valence-corrected chi connectivity index (χ4v) is 6.52. The van der Waals surface area contributed by atoms with Crippen molar-refractivity contribution in [2.24, 2.45) is 0 Å². The summed E-state index contributed by atoms with van der Waals surface area (Å²) in [5.41, 5.74) is 4.36. The molecule has 0 amide bonds. The van der Waals surface area contributed by atoms with E-state index in [-0.39, 0.29) is 35.0 Å².